The van der Waals surface area contributed by atoms with Gasteiger partial charge in [-0.3, -0.25) is 0 Å². The molecule has 1 atom stereocenters. The summed E-state index contributed by atoms with van der Waals surface area (Å²) in [6.07, 6.45) is 0. The Kier molecular flexibility index (Phi) is 2.70. The van der Waals surface area contributed by atoms with Gasteiger partial charge in [-0.15, -0.1) is 0 Å². The molecule has 0 aliphatic rings. The molecule has 2 rings (SSSR count). The van der Waals surface area contributed by atoms with E-state index in [4.69, 9.17) is 5.73 Å². The average Bonchev–Trinajstić information content (AvgIpc) is 2.26. The van der Waals surface area contributed by atoms with Crippen LogP contribution in [-0.4, -0.2) is 10.7 Å². The van der Waals surface area contributed by atoms with Crippen molar-refractivity contribution in [3.8, 4) is 0 Å². The van der Waals surface area contributed by atoms with Gasteiger partial charge in [0.05, 0.1) is 11.6 Å². The fourth-order valence-corrected chi connectivity index (χ4v) is 1.81. The molecule has 0 spiro atoms. The van der Waals surface area contributed by atoms with Crippen LogP contribution in [0.3, 0.4) is 0 Å². The molecule has 0 saturated carbocycles. The summed E-state index contributed by atoms with van der Waals surface area (Å²) in [5, 5.41) is 12.2. The maximum Gasteiger partial charge on any atom is 0.0783 e. The fourth-order valence-electron chi connectivity index (χ4n) is 1.81. The van der Waals surface area contributed by atoms with Gasteiger partial charge in [-0.1, -0.05) is 36.4 Å². The molecule has 0 amide bonds. The Bertz CT molecular complexity index is 499. The van der Waals surface area contributed by atoms with Gasteiger partial charge in [0.2, 0.25) is 0 Å². The second-order valence-corrected chi connectivity index (χ2v) is 4.74. The highest BCUT2D eigenvalue weighted by Crippen LogP contribution is 2.25. The molecule has 0 aliphatic heterocycles. The lowest BCUT2D eigenvalue weighted by molar-refractivity contribution is 0.0518. The van der Waals surface area contributed by atoms with Crippen LogP contribution in [0.25, 0.3) is 10.8 Å². The Labute approximate surface area is 95.7 Å². The SMILES string of the molecule is CC(C)(O)C(N)c1ccc2ccccc2c1. The average molecular weight is 215 g/mol. The van der Waals surface area contributed by atoms with Crippen molar-refractivity contribution in [3.05, 3.63) is 48.0 Å². The lowest BCUT2D eigenvalue weighted by Crippen LogP contribution is -2.34. The predicted molar refractivity (Wildman–Crippen MR) is 67.2 cm³/mol. The zero-order chi connectivity index (χ0) is 11.8. The molecule has 2 aromatic rings. The van der Waals surface area contributed by atoms with Crippen molar-refractivity contribution >= 4 is 10.8 Å². The van der Waals surface area contributed by atoms with E-state index < -0.39 is 5.60 Å². The predicted octanol–water partition coefficient (Wildman–Crippen LogP) is 2.61. The highest BCUT2D eigenvalue weighted by Gasteiger charge is 2.24. The van der Waals surface area contributed by atoms with Crippen molar-refractivity contribution in [2.45, 2.75) is 25.5 Å². The number of benzene rings is 2. The molecule has 0 saturated heterocycles. The summed E-state index contributed by atoms with van der Waals surface area (Å²) < 4.78 is 0. The minimum Gasteiger partial charge on any atom is -0.388 e. The number of nitrogens with two attached hydrogens (primary N) is 1. The van der Waals surface area contributed by atoms with E-state index in [9.17, 15) is 5.11 Å². The minimum atomic E-state index is -0.900. The van der Waals surface area contributed by atoms with E-state index in [0.717, 1.165) is 10.9 Å². The third-order valence-electron chi connectivity index (χ3n) is 2.89. The summed E-state index contributed by atoms with van der Waals surface area (Å²) >= 11 is 0. The Morgan fingerprint density at radius 3 is 2.31 bits per heavy atom. The smallest absolute Gasteiger partial charge is 0.0783 e. The van der Waals surface area contributed by atoms with Crippen LogP contribution in [0.4, 0.5) is 0 Å². The highest BCUT2D eigenvalue weighted by atomic mass is 16.3. The Morgan fingerprint density at radius 1 is 1.06 bits per heavy atom. The Hall–Kier alpha value is -1.38. The van der Waals surface area contributed by atoms with Crippen molar-refractivity contribution < 1.29 is 5.11 Å². The summed E-state index contributed by atoms with van der Waals surface area (Å²) in [6, 6.07) is 13.8. The Balaban J connectivity index is 2.47. The summed E-state index contributed by atoms with van der Waals surface area (Å²) in [6.45, 7) is 3.46. The first kappa shape index (κ1) is 11.1. The molecule has 2 heteroatoms. The summed E-state index contributed by atoms with van der Waals surface area (Å²) in [4.78, 5) is 0. The standard InChI is InChI=1S/C14H17NO/c1-14(2,16)13(15)12-8-7-10-5-3-4-6-11(10)9-12/h3-9,13,16H,15H2,1-2H3. The highest BCUT2D eigenvalue weighted by molar-refractivity contribution is 5.83. The van der Waals surface area contributed by atoms with Gasteiger partial charge in [-0.25, -0.2) is 0 Å². The largest absolute Gasteiger partial charge is 0.388 e. The molecule has 0 bridgehead atoms. The Morgan fingerprint density at radius 2 is 1.69 bits per heavy atom. The zero-order valence-electron chi connectivity index (χ0n) is 9.64. The molecular weight excluding hydrogens is 198 g/mol. The molecular formula is C14H17NO. The maximum atomic E-state index is 9.89. The van der Waals surface area contributed by atoms with E-state index in [2.05, 4.69) is 12.1 Å². The van der Waals surface area contributed by atoms with Gasteiger partial charge in [0.25, 0.3) is 0 Å². The van der Waals surface area contributed by atoms with Gasteiger partial charge in [-0.2, -0.15) is 0 Å². The number of aliphatic hydroxyl groups is 1. The van der Waals surface area contributed by atoms with Crippen molar-refractivity contribution in [1.29, 1.82) is 0 Å². The summed E-state index contributed by atoms with van der Waals surface area (Å²) in [7, 11) is 0. The fraction of sp³-hybridized carbons (Fsp3) is 0.286. The molecule has 84 valence electrons. The maximum absolute atomic E-state index is 9.89. The quantitative estimate of drug-likeness (QED) is 0.809. The first-order chi connectivity index (χ1) is 7.48. The number of hydrogen-bond acceptors (Lipinski definition) is 2. The normalized spacial score (nSPS) is 14.0. The van der Waals surface area contributed by atoms with Crippen LogP contribution in [0.15, 0.2) is 42.5 Å². The first-order valence-corrected chi connectivity index (χ1v) is 5.45. The van der Waals surface area contributed by atoms with Crippen LogP contribution in [-0.2, 0) is 0 Å². The van der Waals surface area contributed by atoms with Gasteiger partial charge in [0.15, 0.2) is 0 Å². The number of hydrogen-bond donors (Lipinski definition) is 2. The van der Waals surface area contributed by atoms with E-state index >= 15 is 0 Å². The molecule has 0 heterocycles. The number of rotatable bonds is 2. The molecule has 0 aromatic heterocycles. The van der Waals surface area contributed by atoms with Crippen LogP contribution >= 0.6 is 0 Å². The van der Waals surface area contributed by atoms with Crippen LogP contribution in [0.5, 0.6) is 0 Å². The topological polar surface area (TPSA) is 46.2 Å². The molecule has 2 nitrogen and oxygen atoms in total. The van der Waals surface area contributed by atoms with Crippen LogP contribution in [0.1, 0.15) is 25.5 Å². The van der Waals surface area contributed by atoms with Gasteiger partial charge in [0.1, 0.15) is 0 Å². The summed E-state index contributed by atoms with van der Waals surface area (Å²) in [5.74, 6) is 0. The molecule has 1 unspecified atom stereocenters. The van der Waals surface area contributed by atoms with Crippen LogP contribution < -0.4 is 5.73 Å². The van der Waals surface area contributed by atoms with E-state index in [1.807, 2.05) is 30.3 Å². The lowest BCUT2D eigenvalue weighted by Gasteiger charge is -2.26. The van der Waals surface area contributed by atoms with Crippen LogP contribution in [0, 0.1) is 0 Å². The van der Waals surface area contributed by atoms with Gasteiger partial charge < -0.3 is 10.8 Å². The number of fused-ring (bicyclic) bond motifs is 1. The minimum absolute atomic E-state index is 0.364. The second-order valence-electron chi connectivity index (χ2n) is 4.74. The van der Waals surface area contributed by atoms with E-state index in [-0.39, 0.29) is 6.04 Å². The monoisotopic (exact) mass is 215 g/mol. The lowest BCUT2D eigenvalue weighted by atomic mass is 9.91. The van der Waals surface area contributed by atoms with Gasteiger partial charge >= 0.3 is 0 Å². The molecule has 2 aromatic carbocycles. The molecule has 3 N–H and O–H groups in total. The molecule has 0 fully saturated rings. The van der Waals surface area contributed by atoms with Crippen molar-refractivity contribution in [2.24, 2.45) is 5.73 Å². The summed E-state index contributed by atoms with van der Waals surface area (Å²) in [5.41, 5.74) is 6.08. The van der Waals surface area contributed by atoms with E-state index in [1.165, 1.54) is 5.39 Å². The first-order valence-electron chi connectivity index (χ1n) is 5.45. The molecule has 16 heavy (non-hydrogen) atoms. The third-order valence-corrected chi connectivity index (χ3v) is 2.89. The van der Waals surface area contributed by atoms with Crippen molar-refractivity contribution in [2.75, 3.05) is 0 Å². The van der Waals surface area contributed by atoms with Crippen LogP contribution in [0.2, 0.25) is 0 Å². The molecule has 0 radical (unpaired) electrons. The third kappa shape index (κ3) is 2.08. The second kappa shape index (κ2) is 3.89. The zero-order valence-corrected chi connectivity index (χ0v) is 9.64. The van der Waals surface area contributed by atoms with Gasteiger partial charge in [-0.05, 0) is 36.2 Å². The van der Waals surface area contributed by atoms with E-state index in [0.29, 0.717) is 0 Å². The van der Waals surface area contributed by atoms with Crippen molar-refractivity contribution in [1.82, 2.24) is 0 Å². The van der Waals surface area contributed by atoms with Gasteiger partial charge in [0, 0.05) is 0 Å². The van der Waals surface area contributed by atoms with E-state index in [1.54, 1.807) is 13.8 Å². The molecule has 0 aliphatic carbocycles. The van der Waals surface area contributed by atoms with Crippen molar-refractivity contribution in [3.63, 3.8) is 0 Å².